The summed E-state index contributed by atoms with van der Waals surface area (Å²) in [5, 5.41) is 0. The molecule has 0 aliphatic heterocycles. The van der Waals surface area contributed by atoms with Gasteiger partial charge in [-0.25, -0.2) is 4.79 Å². The third-order valence-electron chi connectivity index (χ3n) is 2.47. The number of carbonyl (C=O) groups is 1. The van der Waals surface area contributed by atoms with Gasteiger partial charge in [-0.05, 0) is 28.1 Å². The van der Waals surface area contributed by atoms with Gasteiger partial charge >= 0.3 is 5.69 Å². The molecule has 0 spiro atoms. The molecule has 1 aromatic carbocycles. The smallest absolute Gasteiger partial charge is 0.298 e. The van der Waals surface area contributed by atoms with Gasteiger partial charge in [0, 0.05) is 24.1 Å². The summed E-state index contributed by atoms with van der Waals surface area (Å²) in [5.74, 6) is 0. The van der Waals surface area contributed by atoms with E-state index in [1.165, 1.54) is 4.57 Å². The average Bonchev–Trinajstić information content (AvgIpc) is 2.44. The zero-order chi connectivity index (χ0) is 11.2. The number of halogens is 1. The minimum Gasteiger partial charge on any atom is -0.298 e. The van der Waals surface area contributed by atoms with Crippen molar-refractivity contribution in [1.82, 2.24) is 9.13 Å². The summed E-state index contributed by atoms with van der Waals surface area (Å²) in [7, 11) is 3.39. The zero-order valence-electron chi connectivity index (χ0n) is 8.32. The Bertz CT molecular complexity index is 610. The van der Waals surface area contributed by atoms with Crippen molar-refractivity contribution < 1.29 is 4.79 Å². The van der Waals surface area contributed by atoms with Gasteiger partial charge in [0.15, 0.2) is 0 Å². The van der Waals surface area contributed by atoms with Crippen LogP contribution in [0.2, 0.25) is 0 Å². The predicted molar refractivity (Wildman–Crippen MR) is 61.2 cm³/mol. The van der Waals surface area contributed by atoms with E-state index in [1.807, 2.05) is 0 Å². The van der Waals surface area contributed by atoms with Crippen molar-refractivity contribution in [2.24, 2.45) is 14.1 Å². The molecule has 0 bridgehead atoms. The lowest BCUT2D eigenvalue weighted by Gasteiger charge is -1.99. The third kappa shape index (κ3) is 1.34. The van der Waals surface area contributed by atoms with E-state index in [0.29, 0.717) is 5.56 Å². The highest BCUT2D eigenvalue weighted by Gasteiger charge is 2.11. The summed E-state index contributed by atoms with van der Waals surface area (Å²) in [5.41, 5.74) is 2.00. The number of fused-ring (bicyclic) bond motifs is 1. The van der Waals surface area contributed by atoms with Crippen molar-refractivity contribution >= 4 is 33.2 Å². The molecule has 2 aromatic rings. The Morgan fingerprint density at radius 3 is 2.53 bits per heavy atom. The molecule has 0 amide bonds. The molecule has 2 rings (SSSR count). The van der Waals surface area contributed by atoms with Crippen LogP contribution in [0, 0.1) is 0 Å². The van der Waals surface area contributed by atoms with E-state index in [9.17, 15) is 9.59 Å². The van der Waals surface area contributed by atoms with E-state index < -0.39 is 0 Å². The van der Waals surface area contributed by atoms with Gasteiger partial charge in [-0.1, -0.05) is 0 Å². The van der Waals surface area contributed by atoms with Gasteiger partial charge in [-0.3, -0.25) is 13.9 Å². The predicted octanol–water partition coefficient (Wildman–Crippen LogP) is 1.45. The molecule has 0 aliphatic carbocycles. The lowest BCUT2D eigenvalue weighted by atomic mass is 10.2. The zero-order valence-corrected chi connectivity index (χ0v) is 9.91. The molecule has 4 nitrogen and oxygen atoms in total. The standard InChI is InChI=1S/C10H9BrN2O2/c1-12-8-4-6(5-14)3-7(11)9(8)13(2)10(12)15/h3-5H,1-2H3. The fourth-order valence-corrected chi connectivity index (χ4v) is 2.42. The number of aromatic nitrogens is 2. The first-order valence-electron chi connectivity index (χ1n) is 4.36. The van der Waals surface area contributed by atoms with Crippen LogP contribution in [0.5, 0.6) is 0 Å². The highest BCUT2D eigenvalue weighted by molar-refractivity contribution is 9.10. The van der Waals surface area contributed by atoms with Crippen molar-refractivity contribution in [2.45, 2.75) is 0 Å². The number of hydrogen-bond donors (Lipinski definition) is 0. The van der Waals surface area contributed by atoms with Crippen molar-refractivity contribution in [3.05, 3.63) is 32.7 Å². The van der Waals surface area contributed by atoms with Gasteiger partial charge in [0.25, 0.3) is 0 Å². The molecule has 0 aliphatic rings. The minimum atomic E-state index is -0.103. The fourth-order valence-electron chi connectivity index (χ4n) is 1.68. The van der Waals surface area contributed by atoms with E-state index >= 15 is 0 Å². The molecule has 15 heavy (non-hydrogen) atoms. The Kier molecular flexibility index (Phi) is 2.26. The maximum absolute atomic E-state index is 11.7. The number of nitrogens with zero attached hydrogens (tertiary/aromatic N) is 2. The van der Waals surface area contributed by atoms with Crippen molar-refractivity contribution in [3.8, 4) is 0 Å². The Labute approximate surface area is 94.2 Å². The fraction of sp³-hybridized carbons (Fsp3) is 0.200. The largest absolute Gasteiger partial charge is 0.328 e. The van der Waals surface area contributed by atoms with Gasteiger partial charge in [0.2, 0.25) is 0 Å². The van der Waals surface area contributed by atoms with Crippen LogP contribution in [-0.4, -0.2) is 15.4 Å². The highest BCUT2D eigenvalue weighted by Crippen LogP contribution is 2.23. The van der Waals surface area contributed by atoms with Crippen LogP contribution in [0.15, 0.2) is 21.4 Å². The summed E-state index contributed by atoms with van der Waals surface area (Å²) in [6.45, 7) is 0. The van der Waals surface area contributed by atoms with Gasteiger partial charge in [0.1, 0.15) is 6.29 Å². The van der Waals surface area contributed by atoms with Crippen LogP contribution in [0.3, 0.4) is 0 Å². The molecule has 1 aromatic heterocycles. The topological polar surface area (TPSA) is 44.0 Å². The summed E-state index contributed by atoms with van der Waals surface area (Å²) >= 11 is 3.35. The number of rotatable bonds is 1. The van der Waals surface area contributed by atoms with Gasteiger partial charge in [-0.15, -0.1) is 0 Å². The SMILES string of the molecule is Cn1c(=O)n(C)c2c(Br)cc(C=O)cc21. The van der Waals surface area contributed by atoms with E-state index in [1.54, 1.807) is 30.8 Å². The Morgan fingerprint density at radius 2 is 1.93 bits per heavy atom. The first kappa shape index (κ1) is 10.2. The van der Waals surface area contributed by atoms with Crippen LogP contribution in [0.25, 0.3) is 11.0 Å². The maximum Gasteiger partial charge on any atom is 0.328 e. The van der Waals surface area contributed by atoms with Crippen LogP contribution in [0.4, 0.5) is 0 Å². The molecule has 5 heteroatoms. The second kappa shape index (κ2) is 3.34. The van der Waals surface area contributed by atoms with Crippen molar-refractivity contribution in [3.63, 3.8) is 0 Å². The van der Waals surface area contributed by atoms with Crippen LogP contribution >= 0.6 is 15.9 Å². The normalized spacial score (nSPS) is 10.9. The van der Waals surface area contributed by atoms with Crippen LogP contribution in [0.1, 0.15) is 10.4 Å². The first-order valence-corrected chi connectivity index (χ1v) is 5.15. The molecule has 0 radical (unpaired) electrons. The Hall–Kier alpha value is -1.36. The van der Waals surface area contributed by atoms with E-state index in [-0.39, 0.29) is 5.69 Å². The molecule has 78 valence electrons. The Balaban J connectivity index is 3.04. The van der Waals surface area contributed by atoms with Crippen LogP contribution < -0.4 is 5.69 Å². The molecule has 0 saturated carbocycles. The summed E-state index contributed by atoms with van der Waals surface area (Å²) in [4.78, 5) is 22.3. The highest BCUT2D eigenvalue weighted by atomic mass is 79.9. The van der Waals surface area contributed by atoms with Gasteiger partial charge < -0.3 is 0 Å². The van der Waals surface area contributed by atoms with Crippen molar-refractivity contribution in [1.29, 1.82) is 0 Å². The molecular formula is C10H9BrN2O2. The molecule has 0 saturated heterocycles. The van der Waals surface area contributed by atoms with Gasteiger partial charge in [-0.2, -0.15) is 0 Å². The molecular weight excluding hydrogens is 260 g/mol. The quantitative estimate of drug-likeness (QED) is 0.735. The molecule has 0 fully saturated rings. The second-order valence-electron chi connectivity index (χ2n) is 3.39. The summed E-state index contributed by atoms with van der Waals surface area (Å²) in [6.07, 6.45) is 0.766. The summed E-state index contributed by atoms with van der Waals surface area (Å²) < 4.78 is 3.82. The molecule has 0 unspecified atom stereocenters. The monoisotopic (exact) mass is 268 g/mol. The van der Waals surface area contributed by atoms with E-state index in [4.69, 9.17) is 0 Å². The maximum atomic E-state index is 11.7. The third-order valence-corrected chi connectivity index (χ3v) is 3.08. The molecule has 0 N–H and O–H groups in total. The Morgan fingerprint density at radius 1 is 1.27 bits per heavy atom. The second-order valence-corrected chi connectivity index (χ2v) is 4.24. The number of aryl methyl sites for hydroxylation is 2. The number of imidazole rings is 1. The first-order chi connectivity index (χ1) is 7.06. The van der Waals surface area contributed by atoms with Crippen molar-refractivity contribution in [2.75, 3.05) is 0 Å². The number of benzene rings is 1. The lowest BCUT2D eigenvalue weighted by Crippen LogP contribution is -2.19. The minimum absolute atomic E-state index is 0.103. The summed E-state index contributed by atoms with van der Waals surface area (Å²) in [6, 6.07) is 3.41. The number of hydrogen-bond acceptors (Lipinski definition) is 2. The molecule has 0 atom stereocenters. The number of aldehydes is 1. The van der Waals surface area contributed by atoms with Gasteiger partial charge in [0.05, 0.1) is 11.0 Å². The molecule has 1 heterocycles. The average molecular weight is 269 g/mol. The van der Waals surface area contributed by atoms with Crippen LogP contribution in [-0.2, 0) is 14.1 Å². The van der Waals surface area contributed by atoms with E-state index in [0.717, 1.165) is 21.8 Å². The van der Waals surface area contributed by atoms with E-state index in [2.05, 4.69) is 15.9 Å². The lowest BCUT2D eigenvalue weighted by molar-refractivity contribution is 0.112. The number of carbonyl (C=O) groups excluding carboxylic acids is 1.